The number of phosphoric ester groups is 1. The molecule has 0 fully saturated rings. The van der Waals surface area contributed by atoms with Crippen LogP contribution in [0.2, 0.25) is 0 Å². The number of benzene rings is 2. The molecule has 0 aromatic heterocycles. The van der Waals surface area contributed by atoms with Gasteiger partial charge >= 0.3 is 7.82 Å². The molecule has 4 nitrogen and oxygen atoms in total. The summed E-state index contributed by atoms with van der Waals surface area (Å²) in [7, 11) is -4.62. The van der Waals surface area contributed by atoms with Gasteiger partial charge in [-0.2, -0.15) is 0 Å². The fourth-order valence-electron chi connectivity index (χ4n) is 3.08. The minimum Gasteiger partial charge on any atom is -0.404 e. The molecule has 2 aromatic carbocycles. The summed E-state index contributed by atoms with van der Waals surface area (Å²) in [6.45, 7) is 6.20. The summed E-state index contributed by atoms with van der Waals surface area (Å²) in [4.78, 5) is 18.6. The van der Waals surface area contributed by atoms with Crippen LogP contribution in [-0.2, 0) is 23.8 Å². The molecule has 0 saturated carbocycles. The first-order valence-corrected chi connectivity index (χ1v) is 9.42. The number of hydrogen-bond acceptors (Lipinski definition) is 2. The highest BCUT2D eigenvalue weighted by molar-refractivity contribution is 7.46. The molecule has 0 amide bonds. The van der Waals surface area contributed by atoms with Crippen molar-refractivity contribution in [2.75, 3.05) is 0 Å². The Morgan fingerprint density at radius 3 is 2.04 bits per heavy atom. The lowest BCUT2D eigenvalue weighted by atomic mass is 9.87. The van der Waals surface area contributed by atoms with Gasteiger partial charge in [0.25, 0.3) is 0 Å². The van der Waals surface area contributed by atoms with Gasteiger partial charge in [-0.05, 0) is 47.6 Å². The molecule has 2 N–H and O–H groups in total. The molecule has 0 bridgehead atoms. The Bertz CT molecular complexity index is 720. The number of hydrogen-bond donors (Lipinski definition) is 2. The minimum absolute atomic E-state index is 0.260. The zero-order chi connectivity index (χ0) is 17.0. The Morgan fingerprint density at radius 2 is 1.57 bits per heavy atom. The van der Waals surface area contributed by atoms with Crippen molar-refractivity contribution < 1.29 is 18.9 Å². The van der Waals surface area contributed by atoms with Gasteiger partial charge in [-0.3, -0.25) is 9.79 Å². The summed E-state index contributed by atoms with van der Waals surface area (Å²) in [5.41, 5.74) is 5.11. The smallest absolute Gasteiger partial charge is 0.404 e. The van der Waals surface area contributed by atoms with Gasteiger partial charge in [0.15, 0.2) is 0 Å². The summed E-state index contributed by atoms with van der Waals surface area (Å²) in [5.74, 6) is 0.260. The van der Waals surface area contributed by atoms with E-state index >= 15 is 0 Å². The van der Waals surface area contributed by atoms with E-state index in [1.165, 1.54) is 5.56 Å². The topological polar surface area (TPSA) is 66.8 Å². The first-order valence-electron chi connectivity index (χ1n) is 7.89. The summed E-state index contributed by atoms with van der Waals surface area (Å²) in [5, 5.41) is 0. The lowest BCUT2D eigenvalue weighted by Crippen LogP contribution is -2.04. The van der Waals surface area contributed by atoms with Crippen molar-refractivity contribution >= 4 is 7.82 Å². The van der Waals surface area contributed by atoms with E-state index in [0.29, 0.717) is 0 Å². The van der Waals surface area contributed by atoms with Gasteiger partial charge in [0.05, 0.1) is 0 Å². The van der Waals surface area contributed by atoms with Gasteiger partial charge in [-0.25, -0.2) is 4.57 Å². The van der Waals surface area contributed by atoms with E-state index in [-0.39, 0.29) is 5.75 Å². The maximum absolute atomic E-state index is 11.4. The summed E-state index contributed by atoms with van der Waals surface area (Å²) in [6.07, 6.45) is 2.45. The van der Waals surface area contributed by atoms with Crippen LogP contribution in [0.4, 0.5) is 0 Å². The van der Waals surface area contributed by atoms with Crippen LogP contribution in [-0.4, -0.2) is 9.79 Å². The second-order valence-corrected chi connectivity index (χ2v) is 6.54. The van der Waals surface area contributed by atoms with E-state index in [2.05, 4.69) is 13.8 Å². The highest BCUT2D eigenvalue weighted by atomic mass is 31.2. The Balaban J connectivity index is 2.80. The van der Waals surface area contributed by atoms with Gasteiger partial charge in [0, 0.05) is 5.56 Å². The van der Waals surface area contributed by atoms with Crippen molar-refractivity contribution in [2.45, 2.75) is 40.0 Å². The third kappa shape index (κ3) is 4.03. The molecule has 0 spiro atoms. The molecule has 0 unspecified atom stereocenters. The molecule has 0 aliphatic heterocycles. The average Bonchev–Trinajstić information content (AvgIpc) is 2.52. The largest absolute Gasteiger partial charge is 0.524 e. The lowest BCUT2D eigenvalue weighted by Gasteiger charge is -2.21. The minimum atomic E-state index is -4.62. The van der Waals surface area contributed by atoms with Crippen LogP contribution in [0.15, 0.2) is 36.4 Å². The van der Waals surface area contributed by atoms with Crippen LogP contribution in [0.5, 0.6) is 5.75 Å². The van der Waals surface area contributed by atoms with Crippen molar-refractivity contribution in [3.8, 4) is 16.9 Å². The molecule has 0 saturated heterocycles. The lowest BCUT2D eigenvalue weighted by molar-refractivity contribution is 0.283. The van der Waals surface area contributed by atoms with E-state index in [0.717, 1.165) is 41.5 Å². The number of phosphoric acid groups is 1. The Labute approximate surface area is 137 Å². The maximum Gasteiger partial charge on any atom is 0.524 e. The van der Waals surface area contributed by atoms with Crippen molar-refractivity contribution in [1.82, 2.24) is 0 Å². The van der Waals surface area contributed by atoms with Crippen molar-refractivity contribution in [2.24, 2.45) is 0 Å². The van der Waals surface area contributed by atoms with Crippen molar-refractivity contribution in [3.63, 3.8) is 0 Å². The van der Waals surface area contributed by atoms with E-state index < -0.39 is 7.82 Å². The van der Waals surface area contributed by atoms with Gasteiger partial charge in [0.2, 0.25) is 0 Å². The van der Waals surface area contributed by atoms with Crippen molar-refractivity contribution in [1.29, 1.82) is 0 Å². The van der Waals surface area contributed by atoms with E-state index in [9.17, 15) is 14.4 Å². The first kappa shape index (κ1) is 17.7. The SMILES string of the molecule is CCc1cc(OP(=O)(O)O)c(-c2ccccc2)c(CC)c1CC. The normalized spacial score (nSPS) is 11.5. The average molecular weight is 334 g/mol. The molecular weight excluding hydrogens is 311 g/mol. The molecule has 0 heterocycles. The Hall–Kier alpha value is -1.61. The van der Waals surface area contributed by atoms with E-state index in [1.807, 2.05) is 37.3 Å². The molecule has 0 aliphatic rings. The van der Waals surface area contributed by atoms with Crippen LogP contribution in [0, 0.1) is 0 Å². The van der Waals surface area contributed by atoms with E-state index in [4.69, 9.17) is 4.52 Å². The van der Waals surface area contributed by atoms with Gasteiger partial charge in [-0.1, -0.05) is 51.1 Å². The van der Waals surface area contributed by atoms with Crippen molar-refractivity contribution in [3.05, 3.63) is 53.1 Å². The van der Waals surface area contributed by atoms with Crippen LogP contribution < -0.4 is 4.52 Å². The zero-order valence-electron chi connectivity index (χ0n) is 13.7. The molecule has 5 heteroatoms. The molecule has 23 heavy (non-hydrogen) atoms. The molecule has 2 aromatic rings. The van der Waals surface area contributed by atoms with Crippen LogP contribution in [0.3, 0.4) is 0 Å². The zero-order valence-corrected chi connectivity index (χ0v) is 14.6. The number of aryl methyl sites for hydroxylation is 1. The van der Waals surface area contributed by atoms with E-state index in [1.54, 1.807) is 6.07 Å². The predicted octanol–water partition coefficient (Wildman–Crippen LogP) is 4.51. The maximum atomic E-state index is 11.4. The second-order valence-electron chi connectivity index (χ2n) is 5.37. The van der Waals surface area contributed by atoms with Gasteiger partial charge in [0.1, 0.15) is 5.75 Å². The summed E-state index contributed by atoms with van der Waals surface area (Å²) >= 11 is 0. The predicted molar refractivity (Wildman–Crippen MR) is 92.7 cm³/mol. The molecule has 0 atom stereocenters. The first-order chi connectivity index (χ1) is 10.9. The third-order valence-electron chi connectivity index (χ3n) is 3.97. The molecule has 124 valence electrons. The van der Waals surface area contributed by atoms with Crippen LogP contribution in [0.1, 0.15) is 37.5 Å². The summed E-state index contributed by atoms with van der Waals surface area (Å²) in [6, 6.07) is 11.4. The monoisotopic (exact) mass is 334 g/mol. The third-order valence-corrected chi connectivity index (χ3v) is 4.41. The molecule has 2 rings (SSSR count). The molecule has 0 radical (unpaired) electrons. The standard InChI is InChI=1S/C18H23O4P/c1-4-13-12-17(22-23(19,20)21)18(14-10-8-7-9-11-14)16(6-3)15(13)5-2/h7-12H,4-6H2,1-3H3,(H2,19,20,21). The Kier molecular flexibility index (Phi) is 5.64. The molecule has 0 aliphatic carbocycles. The van der Waals surface area contributed by atoms with Gasteiger partial charge in [-0.15, -0.1) is 0 Å². The summed E-state index contributed by atoms with van der Waals surface area (Å²) < 4.78 is 16.4. The van der Waals surface area contributed by atoms with Crippen LogP contribution >= 0.6 is 7.82 Å². The second kappa shape index (κ2) is 7.31. The number of rotatable bonds is 6. The van der Waals surface area contributed by atoms with Crippen LogP contribution in [0.25, 0.3) is 11.1 Å². The highest BCUT2D eigenvalue weighted by Gasteiger charge is 2.23. The fraction of sp³-hybridized carbons (Fsp3) is 0.333. The quantitative estimate of drug-likeness (QED) is 0.763. The Morgan fingerprint density at radius 1 is 0.957 bits per heavy atom. The fourth-order valence-corrected chi connectivity index (χ4v) is 3.48. The van der Waals surface area contributed by atoms with Gasteiger partial charge < -0.3 is 4.52 Å². The highest BCUT2D eigenvalue weighted by Crippen LogP contribution is 2.45. The molecular formula is C18H23O4P.